The number of hydrogen-bond acceptors (Lipinski definition) is 1. The van der Waals surface area contributed by atoms with Gasteiger partial charge in [-0.3, -0.25) is 0 Å². The third kappa shape index (κ3) is 4.77. The zero-order valence-corrected chi connectivity index (χ0v) is 11.4. The molecule has 0 spiro atoms. The molecule has 0 aliphatic rings. The fourth-order valence-electron chi connectivity index (χ4n) is 2.19. The Kier molecular flexibility index (Phi) is 4.50. The second kappa shape index (κ2) is 6.16. The molecular formula is C16H15F4N. The van der Waals surface area contributed by atoms with Crippen LogP contribution in [-0.2, 0) is 0 Å². The van der Waals surface area contributed by atoms with Crippen molar-refractivity contribution in [1.29, 1.82) is 0 Å². The molecule has 0 saturated carbocycles. The molecule has 0 aliphatic heterocycles. The molecule has 2 aromatic carbocycles. The molecule has 1 unspecified atom stereocenters. The first kappa shape index (κ1) is 15.4. The summed E-state index contributed by atoms with van der Waals surface area (Å²) < 4.78 is 51.6. The predicted octanol–water partition coefficient (Wildman–Crippen LogP) is 5.24. The lowest BCUT2D eigenvalue weighted by Crippen LogP contribution is -2.20. The summed E-state index contributed by atoms with van der Waals surface area (Å²) in [7, 11) is 0. The van der Waals surface area contributed by atoms with Crippen LogP contribution in [0.4, 0.5) is 23.2 Å². The number of halogens is 4. The van der Waals surface area contributed by atoms with Gasteiger partial charge in [0.25, 0.3) is 0 Å². The lowest BCUT2D eigenvalue weighted by molar-refractivity contribution is -0.137. The molecule has 1 nitrogen and oxygen atoms in total. The highest BCUT2D eigenvalue weighted by Gasteiger charge is 2.32. The SMILES string of the molecule is Cc1cc(F)cc(NC(CC(F)(F)F)c2ccccc2)c1. The predicted molar refractivity (Wildman–Crippen MR) is 74.6 cm³/mol. The Morgan fingerprint density at radius 2 is 1.71 bits per heavy atom. The van der Waals surface area contributed by atoms with Gasteiger partial charge in [-0.05, 0) is 36.2 Å². The third-order valence-electron chi connectivity index (χ3n) is 3.02. The van der Waals surface area contributed by atoms with E-state index in [0.717, 1.165) is 0 Å². The fourth-order valence-corrected chi connectivity index (χ4v) is 2.19. The Hall–Kier alpha value is -2.04. The summed E-state index contributed by atoms with van der Waals surface area (Å²) in [6.07, 6.45) is -5.33. The topological polar surface area (TPSA) is 12.0 Å². The van der Waals surface area contributed by atoms with E-state index in [1.54, 1.807) is 43.3 Å². The monoisotopic (exact) mass is 297 g/mol. The summed E-state index contributed by atoms with van der Waals surface area (Å²) in [4.78, 5) is 0. The molecule has 2 aromatic rings. The normalized spacial score (nSPS) is 13.0. The molecule has 0 saturated heterocycles. The largest absolute Gasteiger partial charge is 0.391 e. The zero-order chi connectivity index (χ0) is 15.5. The van der Waals surface area contributed by atoms with Crippen LogP contribution in [0.2, 0.25) is 0 Å². The molecule has 0 aliphatic carbocycles. The van der Waals surface area contributed by atoms with Gasteiger partial charge in [-0.2, -0.15) is 13.2 Å². The van der Waals surface area contributed by atoms with E-state index in [2.05, 4.69) is 5.32 Å². The molecule has 0 radical (unpaired) electrons. The Balaban J connectivity index is 2.27. The van der Waals surface area contributed by atoms with Crippen LogP contribution in [0.25, 0.3) is 0 Å². The molecule has 21 heavy (non-hydrogen) atoms. The second-order valence-electron chi connectivity index (χ2n) is 4.94. The van der Waals surface area contributed by atoms with E-state index in [0.29, 0.717) is 16.8 Å². The standard InChI is InChI=1S/C16H15F4N/c1-11-7-13(17)9-14(8-11)21-15(10-16(18,19)20)12-5-3-2-4-6-12/h2-9,15,21H,10H2,1H3. The number of anilines is 1. The van der Waals surface area contributed by atoms with Gasteiger partial charge in [-0.25, -0.2) is 4.39 Å². The van der Waals surface area contributed by atoms with Gasteiger partial charge in [0.05, 0.1) is 12.5 Å². The number of nitrogens with one attached hydrogen (secondary N) is 1. The maximum atomic E-state index is 13.4. The van der Waals surface area contributed by atoms with Crippen LogP contribution in [0.5, 0.6) is 0 Å². The molecule has 1 atom stereocenters. The zero-order valence-electron chi connectivity index (χ0n) is 11.4. The number of rotatable bonds is 4. The molecule has 5 heteroatoms. The molecule has 112 valence electrons. The van der Waals surface area contributed by atoms with Crippen LogP contribution in [0.15, 0.2) is 48.5 Å². The van der Waals surface area contributed by atoms with Crippen molar-refractivity contribution in [1.82, 2.24) is 0 Å². The van der Waals surface area contributed by atoms with E-state index in [4.69, 9.17) is 0 Å². The van der Waals surface area contributed by atoms with Crippen molar-refractivity contribution >= 4 is 5.69 Å². The molecule has 0 aromatic heterocycles. The van der Waals surface area contributed by atoms with Crippen LogP contribution >= 0.6 is 0 Å². The van der Waals surface area contributed by atoms with Gasteiger partial charge >= 0.3 is 6.18 Å². The maximum Gasteiger partial charge on any atom is 0.391 e. The minimum atomic E-state index is -4.31. The summed E-state index contributed by atoms with van der Waals surface area (Å²) in [5.74, 6) is -0.476. The smallest absolute Gasteiger partial charge is 0.378 e. The summed E-state index contributed by atoms with van der Waals surface area (Å²) in [5, 5.41) is 2.77. The number of benzene rings is 2. The van der Waals surface area contributed by atoms with E-state index in [1.165, 1.54) is 12.1 Å². The summed E-state index contributed by atoms with van der Waals surface area (Å²) in [5.41, 5.74) is 1.50. The van der Waals surface area contributed by atoms with E-state index in [-0.39, 0.29) is 0 Å². The molecule has 2 rings (SSSR count). The Labute approximate surface area is 120 Å². The van der Waals surface area contributed by atoms with Gasteiger partial charge in [0.1, 0.15) is 5.82 Å². The molecule has 1 N–H and O–H groups in total. The van der Waals surface area contributed by atoms with Gasteiger partial charge < -0.3 is 5.32 Å². The minimum Gasteiger partial charge on any atom is -0.378 e. The van der Waals surface area contributed by atoms with Gasteiger partial charge in [-0.15, -0.1) is 0 Å². The third-order valence-corrected chi connectivity index (χ3v) is 3.02. The highest BCUT2D eigenvalue weighted by Crippen LogP contribution is 2.32. The fraction of sp³-hybridized carbons (Fsp3) is 0.250. The van der Waals surface area contributed by atoms with Crippen molar-refractivity contribution in [3.8, 4) is 0 Å². The van der Waals surface area contributed by atoms with Crippen molar-refractivity contribution in [3.63, 3.8) is 0 Å². The van der Waals surface area contributed by atoms with Crippen molar-refractivity contribution in [3.05, 3.63) is 65.5 Å². The van der Waals surface area contributed by atoms with Gasteiger partial charge in [0.2, 0.25) is 0 Å². The highest BCUT2D eigenvalue weighted by atomic mass is 19.4. The second-order valence-corrected chi connectivity index (χ2v) is 4.94. The van der Waals surface area contributed by atoms with Crippen molar-refractivity contribution in [2.75, 3.05) is 5.32 Å². The summed E-state index contributed by atoms with van der Waals surface area (Å²) >= 11 is 0. The van der Waals surface area contributed by atoms with Crippen LogP contribution in [0, 0.1) is 12.7 Å². The Morgan fingerprint density at radius 1 is 1.05 bits per heavy atom. The number of aryl methyl sites for hydroxylation is 1. The van der Waals surface area contributed by atoms with E-state index in [9.17, 15) is 17.6 Å². The van der Waals surface area contributed by atoms with Gasteiger partial charge in [0.15, 0.2) is 0 Å². The van der Waals surface area contributed by atoms with E-state index >= 15 is 0 Å². The molecule has 0 bridgehead atoms. The van der Waals surface area contributed by atoms with Crippen LogP contribution in [0.3, 0.4) is 0 Å². The lowest BCUT2D eigenvalue weighted by Gasteiger charge is -2.22. The first-order chi connectivity index (χ1) is 9.83. The van der Waals surface area contributed by atoms with Crippen molar-refractivity contribution in [2.45, 2.75) is 25.6 Å². The lowest BCUT2D eigenvalue weighted by atomic mass is 10.0. The number of alkyl halides is 3. The number of hydrogen-bond donors (Lipinski definition) is 1. The average molecular weight is 297 g/mol. The van der Waals surface area contributed by atoms with Crippen LogP contribution in [0.1, 0.15) is 23.6 Å². The summed E-state index contributed by atoms with van der Waals surface area (Å²) in [6.45, 7) is 1.69. The Bertz CT molecular complexity index is 573. The quantitative estimate of drug-likeness (QED) is 0.761. The van der Waals surface area contributed by atoms with Crippen molar-refractivity contribution < 1.29 is 17.6 Å². The molecule has 0 amide bonds. The van der Waals surface area contributed by atoms with Crippen LogP contribution in [-0.4, -0.2) is 6.18 Å². The van der Waals surface area contributed by atoms with Gasteiger partial charge in [-0.1, -0.05) is 30.3 Å². The average Bonchev–Trinajstić information content (AvgIpc) is 2.36. The first-order valence-electron chi connectivity index (χ1n) is 6.49. The highest BCUT2D eigenvalue weighted by molar-refractivity contribution is 5.48. The molecular weight excluding hydrogens is 282 g/mol. The van der Waals surface area contributed by atoms with E-state index in [1.807, 2.05) is 0 Å². The van der Waals surface area contributed by atoms with Gasteiger partial charge in [0, 0.05) is 5.69 Å². The first-order valence-corrected chi connectivity index (χ1v) is 6.49. The Morgan fingerprint density at radius 3 is 2.29 bits per heavy atom. The maximum absolute atomic E-state index is 13.4. The minimum absolute atomic E-state index is 0.339. The molecule has 0 fully saturated rings. The summed E-state index contributed by atoms with van der Waals surface area (Å²) in [6, 6.07) is 11.5. The van der Waals surface area contributed by atoms with E-state index < -0.39 is 24.5 Å². The molecule has 0 heterocycles. The van der Waals surface area contributed by atoms with Crippen molar-refractivity contribution in [2.24, 2.45) is 0 Å². The van der Waals surface area contributed by atoms with Crippen LogP contribution < -0.4 is 5.32 Å².